The number of fused-ring (bicyclic) bond motifs is 1. The first-order valence-electron chi connectivity index (χ1n) is 5.45. The Bertz CT molecular complexity index is 504. The number of nitrogens with zero attached hydrogens (tertiary/aromatic N) is 2. The Morgan fingerprint density at radius 1 is 1.24 bits per heavy atom. The molecule has 0 bridgehead atoms. The average Bonchev–Trinajstić information content (AvgIpc) is 2.35. The number of ether oxygens (including phenoxy) is 1. The zero-order valence-corrected chi connectivity index (χ0v) is 10.5. The molecule has 4 nitrogen and oxygen atoms in total. The Morgan fingerprint density at radius 2 is 1.94 bits per heavy atom. The maximum Gasteiger partial charge on any atom is 0.156 e. The number of thioether (sulfide) groups is 1. The standard InChI is InChI=1S/C12H15N3OS/c1-16-7-4-8-17-12-11(13)14-9-5-2-3-6-10(9)15-12/h2-3,5-6H,4,7-8H2,1H3,(H2,13,14). The summed E-state index contributed by atoms with van der Waals surface area (Å²) in [7, 11) is 1.70. The number of anilines is 1. The van der Waals surface area contributed by atoms with Gasteiger partial charge in [0.1, 0.15) is 5.03 Å². The molecule has 1 aromatic carbocycles. The van der Waals surface area contributed by atoms with Crippen LogP contribution in [0.15, 0.2) is 29.3 Å². The van der Waals surface area contributed by atoms with Crippen molar-refractivity contribution in [1.29, 1.82) is 0 Å². The van der Waals surface area contributed by atoms with Crippen LogP contribution in [-0.4, -0.2) is 29.4 Å². The second-order valence-corrected chi connectivity index (χ2v) is 4.68. The van der Waals surface area contributed by atoms with Crippen molar-refractivity contribution in [3.63, 3.8) is 0 Å². The summed E-state index contributed by atoms with van der Waals surface area (Å²) in [6.45, 7) is 0.758. The van der Waals surface area contributed by atoms with E-state index in [1.807, 2.05) is 24.3 Å². The molecular formula is C12H15N3OS. The van der Waals surface area contributed by atoms with Crippen LogP contribution in [0.25, 0.3) is 11.0 Å². The van der Waals surface area contributed by atoms with Crippen LogP contribution >= 0.6 is 11.8 Å². The Kier molecular flexibility index (Phi) is 4.17. The smallest absolute Gasteiger partial charge is 0.156 e. The van der Waals surface area contributed by atoms with E-state index in [4.69, 9.17) is 10.5 Å². The second kappa shape index (κ2) is 5.84. The molecule has 2 aromatic rings. The molecule has 0 radical (unpaired) electrons. The molecule has 0 spiro atoms. The zero-order chi connectivity index (χ0) is 12.1. The molecule has 2 rings (SSSR count). The fourth-order valence-electron chi connectivity index (χ4n) is 1.48. The monoisotopic (exact) mass is 249 g/mol. The van der Waals surface area contributed by atoms with Crippen LogP contribution in [-0.2, 0) is 4.74 Å². The van der Waals surface area contributed by atoms with Crippen LogP contribution in [0.2, 0.25) is 0 Å². The first kappa shape index (κ1) is 12.1. The lowest BCUT2D eigenvalue weighted by atomic mass is 10.3. The third kappa shape index (κ3) is 3.08. The van der Waals surface area contributed by atoms with Gasteiger partial charge in [0.2, 0.25) is 0 Å². The van der Waals surface area contributed by atoms with Gasteiger partial charge in [0.15, 0.2) is 5.82 Å². The molecule has 2 N–H and O–H groups in total. The number of benzene rings is 1. The van der Waals surface area contributed by atoms with Crippen LogP contribution in [0.5, 0.6) is 0 Å². The van der Waals surface area contributed by atoms with E-state index in [9.17, 15) is 0 Å². The highest BCUT2D eigenvalue weighted by atomic mass is 32.2. The number of hydrogen-bond donors (Lipinski definition) is 1. The number of nitrogens with two attached hydrogens (primary N) is 1. The van der Waals surface area contributed by atoms with E-state index in [2.05, 4.69) is 9.97 Å². The molecule has 0 amide bonds. The van der Waals surface area contributed by atoms with Crippen LogP contribution in [0.1, 0.15) is 6.42 Å². The van der Waals surface area contributed by atoms with Crippen molar-refractivity contribution < 1.29 is 4.74 Å². The van der Waals surface area contributed by atoms with E-state index in [1.165, 1.54) is 0 Å². The number of hydrogen-bond acceptors (Lipinski definition) is 5. The second-order valence-electron chi connectivity index (χ2n) is 3.60. The number of methoxy groups -OCH3 is 1. The maximum atomic E-state index is 5.88. The highest BCUT2D eigenvalue weighted by Crippen LogP contribution is 2.24. The number of nitrogen functional groups attached to an aromatic ring is 1. The van der Waals surface area contributed by atoms with Gasteiger partial charge in [-0.3, -0.25) is 0 Å². The Hall–Kier alpha value is -1.33. The Balaban J connectivity index is 2.14. The van der Waals surface area contributed by atoms with Crippen LogP contribution in [0.4, 0.5) is 5.82 Å². The van der Waals surface area contributed by atoms with E-state index in [0.29, 0.717) is 5.82 Å². The van der Waals surface area contributed by atoms with Gasteiger partial charge in [-0.15, -0.1) is 11.8 Å². The van der Waals surface area contributed by atoms with Gasteiger partial charge in [-0.05, 0) is 18.6 Å². The topological polar surface area (TPSA) is 61.0 Å². The van der Waals surface area contributed by atoms with Crippen molar-refractivity contribution in [1.82, 2.24) is 9.97 Å². The van der Waals surface area contributed by atoms with Crippen molar-refractivity contribution in [3.05, 3.63) is 24.3 Å². The van der Waals surface area contributed by atoms with Crippen molar-refractivity contribution in [3.8, 4) is 0 Å². The molecule has 0 fully saturated rings. The quantitative estimate of drug-likeness (QED) is 0.651. The minimum absolute atomic E-state index is 0.506. The summed E-state index contributed by atoms with van der Waals surface area (Å²) in [6.07, 6.45) is 0.981. The van der Waals surface area contributed by atoms with Gasteiger partial charge in [0.25, 0.3) is 0 Å². The van der Waals surface area contributed by atoms with E-state index >= 15 is 0 Å². The molecule has 0 atom stereocenters. The highest BCUT2D eigenvalue weighted by Gasteiger charge is 2.05. The lowest BCUT2D eigenvalue weighted by molar-refractivity contribution is 0.200. The van der Waals surface area contributed by atoms with Crippen molar-refractivity contribution in [2.45, 2.75) is 11.4 Å². The van der Waals surface area contributed by atoms with E-state index in [0.717, 1.165) is 34.8 Å². The summed E-state index contributed by atoms with van der Waals surface area (Å²) in [5, 5.41) is 0.805. The number of aromatic nitrogens is 2. The van der Waals surface area contributed by atoms with E-state index < -0.39 is 0 Å². The van der Waals surface area contributed by atoms with Gasteiger partial charge in [-0.2, -0.15) is 0 Å². The number of rotatable bonds is 5. The predicted octanol–water partition coefficient (Wildman–Crippen LogP) is 2.34. The molecule has 5 heteroatoms. The first-order chi connectivity index (χ1) is 8.31. The Morgan fingerprint density at radius 3 is 2.65 bits per heavy atom. The predicted molar refractivity (Wildman–Crippen MR) is 71.2 cm³/mol. The molecule has 90 valence electrons. The van der Waals surface area contributed by atoms with Gasteiger partial charge in [-0.1, -0.05) is 12.1 Å². The van der Waals surface area contributed by atoms with Crippen molar-refractivity contribution >= 4 is 28.6 Å². The molecule has 0 saturated heterocycles. The third-order valence-electron chi connectivity index (χ3n) is 2.30. The third-order valence-corrected chi connectivity index (χ3v) is 3.36. The summed E-state index contributed by atoms with van der Waals surface area (Å²) >= 11 is 1.62. The zero-order valence-electron chi connectivity index (χ0n) is 9.72. The molecule has 17 heavy (non-hydrogen) atoms. The summed E-state index contributed by atoms with van der Waals surface area (Å²) in [5.74, 6) is 1.44. The van der Waals surface area contributed by atoms with Crippen molar-refractivity contribution in [2.75, 3.05) is 25.2 Å². The lowest BCUT2D eigenvalue weighted by Gasteiger charge is -2.05. The molecular weight excluding hydrogens is 234 g/mol. The molecule has 0 aliphatic rings. The summed E-state index contributed by atoms with van der Waals surface area (Å²) in [4.78, 5) is 8.84. The highest BCUT2D eigenvalue weighted by molar-refractivity contribution is 7.99. The maximum absolute atomic E-state index is 5.88. The van der Waals surface area contributed by atoms with Gasteiger partial charge < -0.3 is 10.5 Å². The molecule has 0 unspecified atom stereocenters. The molecule has 0 aliphatic heterocycles. The minimum Gasteiger partial charge on any atom is -0.385 e. The Labute approximate surface area is 105 Å². The van der Waals surface area contributed by atoms with Crippen LogP contribution < -0.4 is 5.73 Å². The van der Waals surface area contributed by atoms with E-state index in [1.54, 1.807) is 18.9 Å². The summed E-state index contributed by atoms with van der Waals surface area (Å²) < 4.78 is 5.00. The molecule has 1 heterocycles. The van der Waals surface area contributed by atoms with Gasteiger partial charge in [0, 0.05) is 19.5 Å². The van der Waals surface area contributed by atoms with Crippen molar-refractivity contribution in [2.24, 2.45) is 0 Å². The molecule has 0 saturated carbocycles. The lowest BCUT2D eigenvalue weighted by Crippen LogP contribution is -1.98. The van der Waals surface area contributed by atoms with Gasteiger partial charge in [0.05, 0.1) is 11.0 Å². The fourth-order valence-corrected chi connectivity index (χ4v) is 2.29. The normalized spacial score (nSPS) is 10.9. The number of para-hydroxylation sites is 2. The fraction of sp³-hybridized carbons (Fsp3) is 0.333. The van der Waals surface area contributed by atoms with Crippen LogP contribution in [0.3, 0.4) is 0 Å². The minimum atomic E-state index is 0.506. The molecule has 0 aliphatic carbocycles. The SMILES string of the molecule is COCCCSc1nc2ccccc2nc1N. The summed E-state index contributed by atoms with van der Waals surface area (Å²) in [6, 6.07) is 7.74. The summed E-state index contributed by atoms with van der Waals surface area (Å²) in [5.41, 5.74) is 7.60. The van der Waals surface area contributed by atoms with Crippen LogP contribution in [0, 0.1) is 0 Å². The molecule has 1 aromatic heterocycles. The first-order valence-corrected chi connectivity index (χ1v) is 6.44. The van der Waals surface area contributed by atoms with Gasteiger partial charge >= 0.3 is 0 Å². The average molecular weight is 249 g/mol. The van der Waals surface area contributed by atoms with E-state index in [-0.39, 0.29) is 0 Å². The largest absolute Gasteiger partial charge is 0.385 e. The van der Waals surface area contributed by atoms with Gasteiger partial charge in [-0.25, -0.2) is 9.97 Å².